The molecule has 28 heavy (non-hydrogen) atoms. The molecule has 150 valence electrons. The summed E-state index contributed by atoms with van der Waals surface area (Å²) in [6, 6.07) is 12.4. The van der Waals surface area contributed by atoms with Crippen LogP contribution < -0.4 is 15.0 Å². The first-order valence-corrected chi connectivity index (χ1v) is 9.74. The SMILES string of the molecule is O=C(COc1ccc(Cl)cc1Cl)NCC(O)c1ccc(N2CCOCC2)cc1. The summed E-state index contributed by atoms with van der Waals surface area (Å²) in [5.74, 6) is 0.0236. The summed E-state index contributed by atoms with van der Waals surface area (Å²) in [6.45, 7) is 3.04. The largest absolute Gasteiger partial charge is 0.482 e. The molecule has 0 spiro atoms. The molecule has 1 atom stereocenters. The summed E-state index contributed by atoms with van der Waals surface area (Å²) in [5.41, 5.74) is 1.83. The first-order chi connectivity index (χ1) is 13.5. The van der Waals surface area contributed by atoms with Crippen molar-refractivity contribution in [2.24, 2.45) is 0 Å². The van der Waals surface area contributed by atoms with Crippen LogP contribution in [0.4, 0.5) is 5.69 Å². The van der Waals surface area contributed by atoms with Crippen LogP contribution >= 0.6 is 23.2 Å². The van der Waals surface area contributed by atoms with E-state index < -0.39 is 6.10 Å². The number of hydrogen-bond acceptors (Lipinski definition) is 5. The van der Waals surface area contributed by atoms with Crippen molar-refractivity contribution in [1.29, 1.82) is 0 Å². The van der Waals surface area contributed by atoms with Gasteiger partial charge in [0, 0.05) is 30.3 Å². The van der Waals surface area contributed by atoms with Gasteiger partial charge in [-0.05, 0) is 35.9 Å². The number of halogens is 2. The van der Waals surface area contributed by atoms with E-state index in [1.54, 1.807) is 18.2 Å². The smallest absolute Gasteiger partial charge is 0.258 e. The number of ether oxygens (including phenoxy) is 2. The molecule has 0 aromatic heterocycles. The van der Waals surface area contributed by atoms with E-state index in [4.69, 9.17) is 32.7 Å². The van der Waals surface area contributed by atoms with E-state index in [0.717, 1.165) is 37.6 Å². The van der Waals surface area contributed by atoms with Crippen molar-refractivity contribution in [1.82, 2.24) is 5.32 Å². The van der Waals surface area contributed by atoms with Crippen molar-refractivity contribution in [3.8, 4) is 5.75 Å². The van der Waals surface area contributed by atoms with Crippen molar-refractivity contribution >= 4 is 34.8 Å². The van der Waals surface area contributed by atoms with Crippen LogP contribution in [0.2, 0.25) is 10.0 Å². The van der Waals surface area contributed by atoms with E-state index in [1.165, 1.54) is 0 Å². The maximum absolute atomic E-state index is 12.0. The predicted octanol–water partition coefficient (Wildman–Crippen LogP) is 3.06. The van der Waals surface area contributed by atoms with Crippen LogP contribution in [0.25, 0.3) is 0 Å². The van der Waals surface area contributed by atoms with Gasteiger partial charge in [-0.2, -0.15) is 0 Å². The fourth-order valence-corrected chi connectivity index (χ4v) is 3.31. The number of anilines is 1. The highest BCUT2D eigenvalue weighted by Crippen LogP contribution is 2.27. The number of nitrogens with zero attached hydrogens (tertiary/aromatic N) is 1. The third kappa shape index (κ3) is 5.75. The molecule has 0 aliphatic carbocycles. The van der Waals surface area contributed by atoms with Gasteiger partial charge in [0.05, 0.1) is 24.3 Å². The molecule has 6 nitrogen and oxygen atoms in total. The molecule has 3 rings (SSSR count). The Hall–Kier alpha value is -1.99. The fourth-order valence-electron chi connectivity index (χ4n) is 2.84. The van der Waals surface area contributed by atoms with Gasteiger partial charge >= 0.3 is 0 Å². The van der Waals surface area contributed by atoms with Gasteiger partial charge in [-0.1, -0.05) is 35.3 Å². The van der Waals surface area contributed by atoms with Crippen molar-refractivity contribution in [2.75, 3.05) is 44.4 Å². The number of nitrogens with one attached hydrogen (secondary N) is 1. The van der Waals surface area contributed by atoms with Gasteiger partial charge < -0.3 is 24.8 Å². The lowest BCUT2D eigenvalue weighted by Gasteiger charge is -2.29. The molecule has 2 aromatic rings. The summed E-state index contributed by atoms with van der Waals surface area (Å²) < 4.78 is 10.7. The second-order valence-corrected chi connectivity index (χ2v) is 7.22. The van der Waals surface area contributed by atoms with Gasteiger partial charge in [0.1, 0.15) is 5.75 Å². The molecular weight excluding hydrogens is 403 g/mol. The lowest BCUT2D eigenvalue weighted by Crippen LogP contribution is -2.36. The minimum atomic E-state index is -0.804. The average Bonchev–Trinajstić information content (AvgIpc) is 2.72. The highest BCUT2D eigenvalue weighted by atomic mass is 35.5. The summed E-state index contributed by atoms with van der Waals surface area (Å²) in [4.78, 5) is 14.2. The second-order valence-electron chi connectivity index (χ2n) is 6.37. The number of aliphatic hydroxyl groups is 1. The monoisotopic (exact) mass is 424 g/mol. The number of carbonyl (C=O) groups excluding carboxylic acids is 1. The number of benzene rings is 2. The van der Waals surface area contributed by atoms with Gasteiger partial charge in [-0.3, -0.25) is 4.79 Å². The summed E-state index contributed by atoms with van der Waals surface area (Å²) in [6.07, 6.45) is -0.804. The maximum atomic E-state index is 12.0. The summed E-state index contributed by atoms with van der Waals surface area (Å²) >= 11 is 11.8. The first-order valence-electron chi connectivity index (χ1n) is 8.98. The molecule has 1 saturated heterocycles. The highest BCUT2D eigenvalue weighted by molar-refractivity contribution is 6.35. The summed E-state index contributed by atoms with van der Waals surface area (Å²) in [5, 5.41) is 13.8. The second kappa shape index (κ2) is 9.98. The van der Waals surface area contributed by atoms with Crippen LogP contribution in [-0.2, 0) is 9.53 Å². The van der Waals surface area contributed by atoms with Crippen LogP contribution in [0.3, 0.4) is 0 Å². The van der Waals surface area contributed by atoms with Crippen molar-refractivity contribution in [3.63, 3.8) is 0 Å². The van der Waals surface area contributed by atoms with Gasteiger partial charge in [0.15, 0.2) is 6.61 Å². The van der Waals surface area contributed by atoms with Gasteiger partial charge in [0.2, 0.25) is 0 Å². The van der Waals surface area contributed by atoms with Gasteiger partial charge in [-0.15, -0.1) is 0 Å². The van der Waals surface area contributed by atoms with Gasteiger partial charge in [-0.25, -0.2) is 0 Å². The number of rotatable bonds is 7. The molecule has 0 radical (unpaired) electrons. The average molecular weight is 425 g/mol. The quantitative estimate of drug-likeness (QED) is 0.714. The minimum Gasteiger partial charge on any atom is -0.482 e. The normalized spacial score (nSPS) is 15.2. The number of hydrogen-bond donors (Lipinski definition) is 2. The van der Waals surface area contributed by atoms with E-state index in [-0.39, 0.29) is 19.1 Å². The zero-order valence-corrected chi connectivity index (χ0v) is 16.7. The van der Waals surface area contributed by atoms with Crippen molar-refractivity contribution in [2.45, 2.75) is 6.10 Å². The zero-order valence-electron chi connectivity index (χ0n) is 15.2. The Morgan fingerprint density at radius 3 is 2.57 bits per heavy atom. The van der Waals surface area contributed by atoms with E-state index in [9.17, 15) is 9.90 Å². The summed E-state index contributed by atoms with van der Waals surface area (Å²) in [7, 11) is 0. The topological polar surface area (TPSA) is 71.0 Å². The Morgan fingerprint density at radius 1 is 1.18 bits per heavy atom. The fraction of sp³-hybridized carbons (Fsp3) is 0.350. The minimum absolute atomic E-state index is 0.0907. The molecule has 1 unspecified atom stereocenters. The van der Waals surface area contributed by atoms with Crippen molar-refractivity contribution < 1.29 is 19.4 Å². The van der Waals surface area contributed by atoms with E-state index in [1.807, 2.05) is 24.3 Å². The zero-order chi connectivity index (χ0) is 19.9. The van der Waals surface area contributed by atoms with E-state index in [0.29, 0.717) is 15.8 Å². The third-order valence-electron chi connectivity index (χ3n) is 4.40. The van der Waals surface area contributed by atoms with Gasteiger partial charge in [0.25, 0.3) is 5.91 Å². The third-order valence-corrected chi connectivity index (χ3v) is 4.93. The Morgan fingerprint density at radius 2 is 1.89 bits per heavy atom. The molecule has 0 saturated carbocycles. The molecule has 1 heterocycles. The molecule has 1 fully saturated rings. The van der Waals surface area contributed by atoms with Crippen LogP contribution in [-0.4, -0.2) is 50.5 Å². The Kier molecular flexibility index (Phi) is 7.39. The first kappa shape index (κ1) is 20.7. The molecule has 2 N–H and O–H groups in total. The molecule has 8 heteroatoms. The van der Waals surface area contributed by atoms with E-state index >= 15 is 0 Å². The van der Waals surface area contributed by atoms with Crippen LogP contribution in [0, 0.1) is 0 Å². The van der Waals surface area contributed by atoms with Crippen LogP contribution in [0.15, 0.2) is 42.5 Å². The predicted molar refractivity (Wildman–Crippen MR) is 109 cm³/mol. The number of morpholine rings is 1. The Balaban J connectivity index is 1.45. The Bertz CT molecular complexity index is 795. The molecular formula is C20H22Cl2N2O4. The van der Waals surface area contributed by atoms with E-state index in [2.05, 4.69) is 10.2 Å². The molecule has 1 aliphatic rings. The Labute approximate surface area is 174 Å². The molecule has 0 bridgehead atoms. The van der Waals surface area contributed by atoms with Crippen LogP contribution in [0.1, 0.15) is 11.7 Å². The lowest BCUT2D eigenvalue weighted by molar-refractivity contribution is -0.123. The molecule has 1 aliphatic heterocycles. The van der Waals surface area contributed by atoms with Crippen LogP contribution in [0.5, 0.6) is 5.75 Å². The maximum Gasteiger partial charge on any atom is 0.258 e. The number of carbonyl (C=O) groups is 1. The number of amides is 1. The number of aliphatic hydroxyl groups excluding tert-OH is 1. The lowest BCUT2D eigenvalue weighted by atomic mass is 10.1. The highest BCUT2D eigenvalue weighted by Gasteiger charge is 2.14. The van der Waals surface area contributed by atoms with Crippen molar-refractivity contribution in [3.05, 3.63) is 58.1 Å². The standard InChI is InChI=1S/C20H22Cl2N2O4/c21-15-3-6-19(17(22)11-15)28-13-20(26)23-12-18(25)14-1-4-16(5-2-14)24-7-9-27-10-8-24/h1-6,11,18,25H,7-10,12-13H2,(H,23,26). The molecule has 1 amide bonds. The molecule has 2 aromatic carbocycles.